The molecule has 106 valence electrons. The highest BCUT2D eigenvalue weighted by Gasteiger charge is 2.17. The van der Waals surface area contributed by atoms with Gasteiger partial charge in [0.15, 0.2) is 5.76 Å². The number of carbonyl (C=O) groups excluding carboxylic acids is 1. The van der Waals surface area contributed by atoms with Crippen molar-refractivity contribution in [2.24, 2.45) is 0 Å². The van der Waals surface area contributed by atoms with Crippen molar-refractivity contribution < 1.29 is 19.1 Å². The van der Waals surface area contributed by atoms with Gasteiger partial charge < -0.3 is 19.7 Å². The lowest BCUT2D eigenvalue weighted by Crippen LogP contribution is -2.41. The van der Waals surface area contributed by atoms with Gasteiger partial charge in [-0.05, 0) is 32.1 Å². The molecule has 0 fully saturated rings. The average Bonchev–Trinajstić information content (AvgIpc) is 2.85. The van der Waals surface area contributed by atoms with Gasteiger partial charge in [-0.1, -0.05) is 13.8 Å². The van der Waals surface area contributed by atoms with Gasteiger partial charge in [0.2, 0.25) is 5.76 Å². The van der Waals surface area contributed by atoms with Crippen molar-refractivity contribution in [1.82, 2.24) is 10.2 Å². The van der Waals surface area contributed by atoms with Crippen molar-refractivity contribution in [1.29, 1.82) is 0 Å². The number of rotatable bonds is 7. The Morgan fingerprint density at radius 1 is 1.32 bits per heavy atom. The third-order valence-electron chi connectivity index (χ3n) is 2.84. The minimum absolute atomic E-state index is 0.0174. The summed E-state index contributed by atoms with van der Waals surface area (Å²) in [4.78, 5) is 24.7. The number of amides is 1. The molecular formula is C13H20N2O4. The number of hydrogen-bond donors (Lipinski definition) is 2. The first-order valence-corrected chi connectivity index (χ1v) is 6.34. The van der Waals surface area contributed by atoms with Gasteiger partial charge in [-0.15, -0.1) is 0 Å². The SMILES string of the molecule is CCN(CC)CC(C)NC(=O)c1ccc(C(=O)O)o1. The van der Waals surface area contributed by atoms with E-state index >= 15 is 0 Å². The summed E-state index contributed by atoms with van der Waals surface area (Å²) in [7, 11) is 0. The Hall–Kier alpha value is -1.82. The number of nitrogens with one attached hydrogen (secondary N) is 1. The van der Waals surface area contributed by atoms with Gasteiger partial charge in [-0.25, -0.2) is 4.79 Å². The predicted octanol–water partition coefficient (Wildman–Crippen LogP) is 1.44. The van der Waals surface area contributed by atoms with Gasteiger partial charge in [0.05, 0.1) is 0 Å². The maximum absolute atomic E-state index is 11.8. The first kappa shape index (κ1) is 15.2. The van der Waals surface area contributed by atoms with Crippen LogP contribution in [0.25, 0.3) is 0 Å². The van der Waals surface area contributed by atoms with E-state index in [9.17, 15) is 9.59 Å². The van der Waals surface area contributed by atoms with Gasteiger partial charge >= 0.3 is 5.97 Å². The Labute approximate surface area is 112 Å². The van der Waals surface area contributed by atoms with Crippen LogP contribution in [0.2, 0.25) is 0 Å². The molecule has 0 bridgehead atoms. The number of carboxylic acid groups (broad SMARTS) is 1. The number of carboxylic acids is 1. The molecule has 1 aromatic rings. The van der Waals surface area contributed by atoms with Crippen molar-refractivity contribution in [3.63, 3.8) is 0 Å². The number of furan rings is 1. The van der Waals surface area contributed by atoms with Crippen molar-refractivity contribution in [2.75, 3.05) is 19.6 Å². The van der Waals surface area contributed by atoms with Crippen molar-refractivity contribution in [2.45, 2.75) is 26.8 Å². The third kappa shape index (κ3) is 4.40. The average molecular weight is 268 g/mol. The summed E-state index contributed by atoms with van der Waals surface area (Å²) in [5, 5.41) is 11.5. The summed E-state index contributed by atoms with van der Waals surface area (Å²) in [5.41, 5.74) is 0. The fourth-order valence-corrected chi connectivity index (χ4v) is 1.78. The molecular weight excluding hydrogens is 248 g/mol. The van der Waals surface area contributed by atoms with Gasteiger partial charge in [0.1, 0.15) is 0 Å². The van der Waals surface area contributed by atoms with E-state index in [0.29, 0.717) is 0 Å². The zero-order valence-electron chi connectivity index (χ0n) is 11.5. The Morgan fingerprint density at radius 2 is 1.89 bits per heavy atom. The van der Waals surface area contributed by atoms with Crippen LogP contribution in [0.5, 0.6) is 0 Å². The summed E-state index contributed by atoms with van der Waals surface area (Å²) in [5.74, 6) is -1.80. The molecule has 0 aliphatic rings. The first-order valence-electron chi connectivity index (χ1n) is 6.34. The topological polar surface area (TPSA) is 82.8 Å². The number of carbonyl (C=O) groups is 2. The van der Waals surface area contributed by atoms with Gasteiger partial charge in [0, 0.05) is 12.6 Å². The molecule has 2 N–H and O–H groups in total. The van der Waals surface area contributed by atoms with Crippen LogP contribution >= 0.6 is 0 Å². The monoisotopic (exact) mass is 268 g/mol. The summed E-state index contributed by atoms with van der Waals surface area (Å²) >= 11 is 0. The smallest absolute Gasteiger partial charge is 0.371 e. The minimum atomic E-state index is -1.18. The second-order valence-electron chi connectivity index (χ2n) is 4.33. The molecule has 1 atom stereocenters. The predicted molar refractivity (Wildman–Crippen MR) is 70.4 cm³/mol. The van der Waals surface area contributed by atoms with E-state index in [2.05, 4.69) is 24.1 Å². The van der Waals surface area contributed by atoms with Crippen LogP contribution < -0.4 is 5.32 Å². The maximum Gasteiger partial charge on any atom is 0.371 e. The lowest BCUT2D eigenvalue weighted by Gasteiger charge is -2.23. The molecule has 0 aliphatic carbocycles. The zero-order valence-corrected chi connectivity index (χ0v) is 11.5. The first-order chi connectivity index (χ1) is 8.97. The molecule has 0 spiro atoms. The number of aromatic carboxylic acids is 1. The molecule has 1 rings (SSSR count). The lowest BCUT2D eigenvalue weighted by atomic mass is 10.3. The van der Waals surface area contributed by atoms with Crippen LogP contribution in [-0.2, 0) is 0 Å². The highest BCUT2D eigenvalue weighted by molar-refractivity contribution is 5.93. The van der Waals surface area contributed by atoms with Crippen molar-refractivity contribution in [3.05, 3.63) is 23.7 Å². The van der Waals surface area contributed by atoms with Crippen LogP contribution in [-0.4, -0.2) is 47.6 Å². The van der Waals surface area contributed by atoms with Crippen molar-refractivity contribution in [3.8, 4) is 0 Å². The fraction of sp³-hybridized carbons (Fsp3) is 0.538. The Morgan fingerprint density at radius 3 is 2.37 bits per heavy atom. The molecule has 0 aromatic carbocycles. The molecule has 1 aromatic heterocycles. The van der Waals surface area contributed by atoms with E-state index in [-0.39, 0.29) is 17.6 Å². The molecule has 1 heterocycles. The Bertz CT molecular complexity index is 438. The van der Waals surface area contributed by atoms with Gasteiger partial charge in [-0.3, -0.25) is 4.79 Å². The summed E-state index contributed by atoms with van der Waals surface area (Å²) < 4.78 is 4.94. The molecule has 6 nitrogen and oxygen atoms in total. The largest absolute Gasteiger partial charge is 0.475 e. The standard InChI is InChI=1S/C13H20N2O4/c1-4-15(5-2)8-9(3)14-12(16)10-6-7-11(19-10)13(17)18/h6-7,9H,4-5,8H2,1-3H3,(H,14,16)(H,17,18). The summed E-state index contributed by atoms with van der Waals surface area (Å²) in [6.45, 7) is 8.59. The quantitative estimate of drug-likeness (QED) is 0.781. The van der Waals surface area contributed by atoms with E-state index in [1.165, 1.54) is 12.1 Å². The normalized spacial score (nSPS) is 12.4. The number of nitrogens with zero attached hydrogens (tertiary/aromatic N) is 1. The molecule has 1 unspecified atom stereocenters. The Balaban J connectivity index is 2.56. The third-order valence-corrected chi connectivity index (χ3v) is 2.84. The maximum atomic E-state index is 11.8. The van der Waals surface area contributed by atoms with Crippen LogP contribution in [0.3, 0.4) is 0 Å². The van der Waals surface area contributed by atoms with E-state index < -0.39 is 11.9 Å². The van der Waals surface area contributed by atoms with E-state index in [1.54, 1.807) is 0 Å². The van der Waals surface area contributed by atoms with E-state index in [1.807, 2.05) is 6.92 Å². The Kier molecular flexibility index (Phi) is 5.57. The van der Waals surface area contributed by atoms with Gasteiger partial charge in [-0.2, -0.15) is 0 Å². The second kappa shape index (κ2) is 6.94. The summed E-state index contributed by atoms with van der Waals surface area (Å²) in [6, 6.07) is 2.60. The highest BCUT2D eigenvalue weighted by atomic mass is 16.4. The van der Waals surface area contributed by atoms with Crippen LogP contribution in [0.15, 0.2) is 16.5 Å². The highest BCUT2D eigenvalue weighted by Crippen LogP contribution is 2.08. The van der Waals surface area contributed by atoms with E-state index in [4.69, 9.17) is 9.52 Å². The minimum Gasteiger partial charge on any atom is -0.475 e. The number of hydrogen-bond acceptors (Lipinski definition) is 4. The molecule has 6 heteroatoms. The van der Waals surface area contributed by atoms with Crippen LogP contribution in [0, 0.1) is 0 Å². The van der Waals surface area contributed by atoms with Crippen molar-refractivity contribution >= 4 is 11.9 Å². The van der Waals surface area contributed by atoms with Crippen LogP contribution in [0.1, 0.15) is 41.9 Å². The van der Waals surface area contributed by atoms with Crippen LogP contribution in [0.4, 0.5) is 0 Å². The second-order valence-corrected chi connectivity index (χ2v) is 4.33. The molecule has 0 saturated carbocycles. The molecule has 0 saturated heterocycles. The van der Waals surface area contributed by atoms with Gasteiger partial charge in [0.25, 0.3) is 5.91 Å². The lowest BCUT2D eigenvalue weighted by molar-refractivity contribution is 0.0659. The zero-order chi connectivity index (χ0) is 14.4. The van der Waals surface area contributed by atoms with E-state index in [0.717, 1.165) is 19.6 Å². The fourth-order valence-electron chi connectivity index (χ4n) is 1.78. The molecule has 0 radical (unpaired) electrons. The molecule has 1 amide bonds. The summed E-state index contributed by atoms with van der Waals surface area (Å²) in [6.07, 6.45) is 0. The molecule has 0 aliphatic heterocycles. The number of likely N-dealkylation sites (N-methyl/N-ethyl adjacent to an activating group) is 1. The molecule has 19 heavy (non-hydrogen) atoms.